The lowest BCUT2D eigenvalue weighted by atomic mass is 10.4. The minimum atomic E-state index is -0.144. The van der Waals surface area contributed by atoms with E-state index in [0.717, 1.165) is 12.8 Å². The molecule has 20 heavy (non-hydrogen) atoms. The molecule has 102 valence electrons. The summed E-state index contributed by atoms with van der Waals surface area (Å²) < 4.78 is 3.95. The van der Waals surface area contributed by atoms with Crippen LogP contribution >= 0.6 is 11.3 Å². The number of hydrogen-bond donors (Lipinski definition) is 1. The summed E-state index contributed by atoms with van der Waals surface area (Å²) in [6.07, 6.45) is 5.69. The van der Waals surface area contributed by atoms with Crippen LogP contribution in [0.4, 0.5) is 0 Å². The highest BCUT2D eigenvalue weighted by Gasteiger charge is 2.25. The molecule has 0 radical (unpaired) electrons. The second kappa shape index (κ2) is 4.17. The maximum atomic E-state index is 12.2. The van der Waals surface area contributed by atoms with Gasteiger partial charge in [-0.1, -0.05) is 0 Å². The van der Waals surface area contributed by atoms with Crippen molar-refractivity contribution < 1.29 is 0 Å². The third-order valence-electron chi connectivity index (χ3n) is 3.50. The number of nitrogens with zero attached hydrogens (tertiary/aromatic N) is 3. The Balaban J connectivity index is 1.73. The molecule has 1 N–H and O–H groups in total. The minimum absolute atomic E-state index is 0.0411. The largest absolute Gasteiger partial charge is 0.328 e. The Morgan fingerprint density at radius 1 is 1.35 bits per heavy atom. The molecule has 1 fully saturated rings. The van der Waals surface area contributed by atoms with E-state index in [0.29, 0.717) is 28.6 Å². The van der Waals surface area contributed by atoms with Crippen LogP contribution in [0.5, 0.6) is 0 Å². The molecule has 0 aromatic carbocycles. The summed E-state index contributed by atoms with van der Waals surface area (Å²) in [5.41, 5.74) is 0.499. The lowest BCUT2D eigenvalue weighted by Crippen LogP contribution is -2.25. The summed E-state index contributed by atoms with van der Waals surface area (Å²) in [5, 5.41) is 1.84. The van der Waals surface area contributed by atoms with E-state index in [4.69, 9.17) is 0 Å². The van der Waals surface area contributed by atoms with Crippen LogP contribution in [-0.4, -0.2) is 19.1 Å². The van der Waals surface area contributed by atoms with Crippen molar-refractivity contribution in [3.63, 3.8) is 0 Å². The monoisotopic (exact) mass is 288 g/mol. The fraction of sp³-hybridized carbons (Fsp3) is 0.308. The second-order valence-electron chi connectivity index (χ2n) is 4.99. The van der Waals surface area contributed by atoms with E-state index < -0.39 is 0 Å². The van der Waals surface area contributed by atoms with E-state index in [9.17, 15) is 9.59 Å². The molecule has 0 atom stereocenters. The summed E-state index contributed by atoms with van der Waals surface area (Å²) in [7, 11) is 0. The van der Waals surface area contributed by atoms with Crippen molar-refractivity contribution in [1.82, 2.24) is 19.1 Å². The molecule has 3 aromatic heterocycles. The topological polar surface area (TPSA) is 72.7 Å². The van der Waals surface area contributed by atoms with E-state index in [1.807, 2.05) is 11.4 Å². The number of hydrogen-bond acceptors (Lipinski definition) is 4. The molecule has 0 amide bonds. The Labute approximate surface area is 117 Å². The number of H-pyrrole nitrogens is 1. The highest BCUT2D eigenvalue weighted by Crippen LogP contribution is 2.33. The molecule has 0 aliphatic heterocycles. The predicted molar refractivity (Wildman–Crippen MR) is 76.3 cm³/mol. The molecule has 1 aliphatic rings. The van der Waals surface area contributed by atoms with Gasteiger partial charge in [-0.25, -0.2) is 9.78 Å². The zero-order valence-corrected chi connectivity index (χ0v) is 11.4. The number of aromatic amines is 1. The normalized spacial score (nSPS) is 15.0. The number of aromatic nitrogens is 4. The zero-order valence-electron chi connectivity index (χ0n) is 10.6. The van der Waals surface area contributed by atoms with Crippen molar-refractivity contribution in [2.75, 3.05) is 0 Å². The quantitative estimate of drug-likeness (QED) is 0.790. The molecule has 4 rings (SSSR count). The number of rotatable bonds is 3. The molecule has 0 unspecified atom stereocenters. The molecule has 3 aromatic rings. The van der Waals surface area contributed by atoms with Crippen molar-refractivity contribution in [1.29, 1.82) is 0 Å². The first-order chi connectivity index (χ1) is 9.72. The first-order valence-electron chi connectivity index (χ1n) is 6.46. The van der Waals surface area contributed by atoms with E-state index in [2.05, 4.69) is 9.97 Å². The van der Waals surface area contributed by atoms with Crippen LogP contribution in [-0.2, 0) is 6.54 Å². The summed E-state index contributed by atoms with van der Waals surface area (Å²) in [6, 6.07) is 2.17. The van der Waals surface area contributed by atoms with Gasteiger partial charge in [0.2, 0.25) is 0 Å². The van der Waals surface area contributed by atoms with Crippen LogP contribution in [0.1, 0.15) is 24.7 Å². The molecule has 0 spiro atoms. The van der Waals surface area contributed by atoms with Gasteiger partial charge in [-0.3, -0.25) is 13.9 Å². The van der Waals surface area contributed by atoms with Gasteiger partial charge < -0.3 is 4.98 Å². The van der Waals surface area contributed by atoms with Crippen molar-refractivity contribution in [2.45, 2.75) is 25.4 Å². The van der Waals surface area contributed by atoms with Crippen LogP contribution < -0.4 is 11.2 Å². The van der Waals surface area contributed by atoms with Gasteiger partial charge in [0.05, 0.1) is 12.1 Å². The molecule has 0 saturated heterocycles. The Hall–Kier alpha value is -2.15. The Bertz CT molecular complexity index is 897. The van der Waals surface area contributed by atoms with Crippen LogP contribution in [0.3, 0.4) is 0 Å². The van der Waals surface area contributed by atoms with Crippen LogP contribution in [0, 0.1) is 0 Å². The molecule has 7 heteroatoms. The summed E-state index contributed by atoms with van der Waals surface area (Å²) in [5.74, 6) is 0.511. The van der Waals surface area contributed by atoms with Gasteiger partial charge in [0.25, 0.3) is 5.56 Å². The van der Waals surface area contributed by atoms with E-state index in [1.165, 1.54) is 11.3 Å². The number of nitrogens with one attached hydrogen (secondary N) is 1. The lowest BCUT2D eigenvalue weighted by molar-refractivity contribution is 0.643. The Morgan fingerprint density at radius 3 is 3.00 bits per heavy atom. The van der Waals surface area contributed by atoms with Gasteiger partial charge in [0.1, 0.15) is 10.5 Å². The summed E-state index contributed by atoms with van der Waals surface area (Å²) in [4.78, 5) is 31.2. The number of thiophene rings is 1. The van der Waals surface area contributed by atoms with Gasteiger partial charge >= 0.3 is 5.69 Å². The van der Waals surface area contributed by atoms with Gasteiger partial charge in [-0.2, -0.15) is 0 Å². The average Bonchev–Trinajstić information content (AvgIpc) is 3.04. The average molecular weight is 288 g/mol. The molecule has 1 saturated carbocycles. The lowest BCUT2D eigenvalue weighted by Gasteiger charge is -2.02. The second-order valence-corrected chi connectivity index (χ2v) is 5.91. The summed E-state index contributed by atoms with van der Waals surface area (Å²) >= 11 is 1.37. The predicted octanol–water partition coefficient (Wildman–Crippen LogP) is 1.33. The smallest absolute Gasteiger partial charge is 0.308 e. The minimum Gasteiger partial charge on any atom is -0.308 e. The first kappa shape index (κ1) is 11.7. The standard InChI is InChI=1S/C13H12N4O2S/c18-12-11-9(3-6-20-11)14-10(15-12)7-16-4-5-17(13(16)19)8-1-2-8/h3-6,8H,1-2,7H2,(H,14,15,18). The van der Waals surface area contributed by atoms with Gasteiger partial charge in [-0.05, 0) is 24.3 Å². The highest BCUT2D eigenvalue weighted by atomic mass is 32.1. The van der Waals surface area contributed by atoms with Gasteiger partial charge in [0, 0.05) is 18.4 Å². The van der Waals surface area contributed by atoms with Crippen molar-refractivity contribution in [3.8, 4) is 0 Å². The third-order valence-corrected chi connectivity index (χ3v) is 4.40. The van der Waals surface area contributed by atoms with Crippen molar-refractivity contribution in [2.24, 2.45) is 0 Å². The zero-order chi connectivity index (χ0) is 13.7. The Morgan fingerprint density at radius 2 is 2.20 bits per heavy atom. The number of fused-ring (bicyclic) bond motifs is 1. The van der Waals surface area contributed by atoms with Crippen LogP contribution in [0.2, 0.25) is 0 Å². The SMILES string of the molecule is O=c1[nH]c(Cn2ccn(C3CC3)c2=O)nc2ccsc12. The molecule has 0 bridgehead atoms. The highest BCUT2D eigenvalue weighted by molar-refractivity contribution is 7.17. The van der Waals surface area contributed by atoms with E-state index in [1.54, 1.807) is 21.5 Å². The van der Waals surface area contributed by atoms with Gasteiger partial charge in [-0.15, -0.1) is 11.3 Å². The molecular formula is C13H12N4O2S. The van der Waals surface area contributed by atoms with Crippen LogP contribution in [0.25, 0.3) is 10.2 Å². The van der Waals surface area contributed by atoms with Crippen molar-refractivity contribution in [3.05, 3.63) is 50.5 Å². The third kappa shape index (κ3) is 1.82. The molecular weight excluding hydrogens is 276 g/mol. The maximum Gasteiger partial charge on any atom is 0.328 e. The molecule has 6 nitrogen and oxygen atoms in total. The molecule has 3 heterocycles. The first-order valence-corrected chi connectivity index (χ1v) is 7.34. The van der Waals surface area contributed by atoms with Crippen molar-refractivity contribution >= 4 is 21.6 Å². The van der Waals surface area contributed by atoms with Crippen LogP contribution in [0.15, 0.2) is 33.4 Å². The fourth-order valence-corrected chi connectivity index (χ4v) is 3.06. The molecule has 1 aliphatic carbocycles. The van der Waals surface area contributed by atoms with Gasteiger partial charge in [0.15, 0.2) is 0 Å². The maximum absolute atomic E-state index is 12.2. The summed E-state index contributed by atoms with van der Waals surface area (Å²) in [6.45, 7) is 0.291. The van der Waals surface area contributed by atoms with E-state index in [-0.39, 0.29) is 11.2 Å². The Kier molecular flexibility index (Phi) is 2.43. The number of imidazole rings is 1. The van der Waals surface area contributed by atoms with E-state index >= 15 is 0 Å². The fourth-order valence-electron chi connectivity index (χ4n) is 2.34.